The van der Waals surface area contributed by atoms with E-state index in [1.807, 2.05) is 60.7 Å². The van der Waals surface area contributed by atoms with Crippen LogP contribution in [0.2, 0.25) is 0 Å². The Labute approximate surface area is 330 Å². The van der Waals surface area contributed by atoms with E-state index in [2.05, 4.69) is 129 Å². The lowest BCUT2D eigenvalue weighted by molar-refractivity contribution is 0.360. The number of fused-ring (bicyclic) bond motifs is 6. The molecule has 0 N–H and O–H groups in total. The lowest BCUT2D eigenvalue weighted by atomic mass is 9.82. The first kappa shape index (κ1) is 33.0. The smallest absolute Gasteiger partial charge is 0.177 e. The van der Waals surface area contributed by atoms with Gasteiger partial charge in [-0.05, 0) is 74.0 Å². The molecule has 270 valence electrons. The van der Waals surface area contributed by atoms with Crippen LogP contribution in [-0.2, 0) is 5.41 Å². The number of para-hydroxylation sites is 1. The lowest BCUT2D eigenvalue weighted by Gasteiger charge is -2.26. The van der Waals surface area contributed by atoms with Crippen molar-refractivity contribution in [2.45, 2.75) is 19.3 Å². The summed E-state index contributed by atoms with van der Waals surface area (Å²) in [6.07, 6.45) is 0. The zero-order valence-electron chi connectivity index (χ0n) is 31.4. The van der Waals surface area contributed by atoms with Crippen molar-refractivity contribution in [3.05, 3.63) is 187 Å². The van der Waals surface area contributed by atoms with Crippen molar-refractivity contribution in [1.82, 2.24) is 15.0 Å². The van der Waals surface area contributed by atoms with Gasteiger partial charge in [0.2, 0.25) is 0 Å². The topological polar surface area (TPSA) is 57.1 Å². The van der Waals surface area contributed by atoms with E-state index >= 15 is 0 Å². The van der Waals surface area contributed by atoms with Gasteiger partial charge in [0.1, 0.15) is 0 Å². The number of rotatable bonds is 5. The molecule has 11 rings (SSSR count). The predicted molar refractivity (Wildman–Crippen MR) is 229 cm³/mol. The average Bonchev–Trinajstić information content (AvgIpc) is 3.49. The minimum Gasteiger partial charge on any atom is -0.449 e. The Morgan fingerprint density at radius 3 is 1.68 bits per heavy atom. The minimum absolute atomic E-state index is 0.170. The maximum absolute atomic E-state index is 6.88. The highest BCUT2D eigenvalue weighted by Crippen LogP contribution is 2.56. The van der Waals surface area contributed by atoms with Crippen LogP contribution in [-0.4, -0.2) is 15.0 Å². The summed E-state index contributed by atoms with van der Waals surface area (Å²) >= 11 is 0. The molecule has 5 nitrogen and oxygen atoms in total. The number of ether oxygens (including phenoxy) is 2. The molecule has 0 unspecified atom stereocenters. The third-order valence-electron chi connectivity index (χ3n) is 11.4. The second-order valence-corrected chi connectivity index (χ2v) is 15.1. The molecule has 1 aliphatic heterocycles. The van der Waals surface area contributed by atoms with Crippen molar-refractivity contribution >= 4 is 10.8 Å². The van der Waals surface area contributed by atoms with Crippen molar-refractivity contribution in [2.24, 2.45) is 0 Å². The van der Waals surface area contributed by atoms with E-state index < -0.39 is 0 Å². The molecule has 2 aliphatic rings. The highest BCUT2D eigenvalue weighted by atomic mass is 16.6. The molecular formula is C52H35N3O2. The third-order valence-corrected chi connectivity index (χ3v) is 11.4. The zero-order valence-corrected chi connectivity index (χ0v) is 31.4. The van der Waals surface area contributed by atoms with Crippen LogP contribution in [0.25, 0.3) is 78.3 Å². The molecule has 1 aromatic heterocycles. The van der Waals surface area contributed by atoms with E-state index in [1.54, 1.807) is 0 Å². The molecule has 1 aliphatic carbocycles. The van der Waals surface area contributed by atoms with Gasteiger partial charge in [-0.15, -0.1) is 0 Å². The largest absolute Gasteiger partial charge is 0.449 e. The van der Waals surface area contributed by atoms with E-state index in [9.17, 15) is 0 Å². The van der Waals surface area contributed by atoms with Gasteiger partial charge in [0.05, 0.1) is 0 Å². The number of hydrogen-bond acceptors (Lipinski definition) is 5. The van der Waals surface area contributed by atoms with E-state index in [0.29, 0.717) is 40.5 Å². The summed E-state index contributed by atoms with van der Waals surface area (Å²) in [5.41, 5.74) is 11.6. The van der Waals surface area contributed by atoms with Gasteiger partial charge >= 0.3 is 0 Å². The Morgan fingerprint density at radius 1 is 0.351 bits per heavy atom. The lowest BCUT2D eigenvalue weighted by Crippen LogP contribution is -2.15. The molecule has 0 fully saturated rings. The van der Waals surface area contributed by atoms with Crippen molar-refractivity contribution in [3.63, 3.8) is 0 Å². The molecule has 0 bridgehead atoms. The molecule has 9 aromatic rings. The fourth-order valence-electron chi connectivity index (χ4n) is 8.62. The van der Waals surface area contributed by atoms with Crippen LogP contribution in [0.1, 0.15) is 25.0 Å². The summed E-state index contributed by atoms with van der Waals surface area (Å²) in [5.74, 6) is 4.49. The highest BCUT2D eigenvalue weighted by Gasteiger charge is 2.37. The van der Waals surface area contributed by atoms with Crippen LogP contribution in [0, 0.1) is 0 Å². The molecule has 0 saturated heterocycles. The second-order valence-electron chi connectivity index (χ2n) is 15.1. The standard InChI is InChI=1S/C52H35N3O2/c1-52(2)43-26-14-13-23-38(43)42-30-46-47(31-44(42)52)57-48-39(25-15-27-45(48)56-46)37-22-11-12-24-40(37)50-53-49(33-18-7-4-8-19-33)54-51(55-50)41-29-28-34(32-16-5-3-6-17-32)35-20-9-10-21-36(35)41/h3-31H,1-2H3. The van der Waals surface area contributed by atoms with Crippen LogP contribution in [0.4, 0.5) is 0 Å². The Kier molecular flexibility index (Phi) is 7.45. The number of hydrogen-bond donors (Lipinski definition) is 0. The quantitative estimate of drug-likeness (QED) is 0.176. The molecule has 8 aromatic carbocycles. The third kappa shape index (κ3) is 5.35. The number of benzene rings is 8. The summed E-state index contributed by atoms with van der Waals surface area (Å²) in [6, 6.07) is 60.6. The van der Waals surface area contributed by atoms with Gasteiger partial charge in [0.15, 0.2) is 40.5 Å². The van der Waals surface area contributed by atoms with Gasteiger partial charge in [-0.1, -0.05) is 166 Å². The number of aromatic nitrogens is 3. The van der Waals surface area contributed by atoms with Crippen LogP contribution in [0.5, 0.6) is 23.0 Å². The van der Waals surface area contributed by atoms with Crippen LogP contribution in [0.15, 0.2) is 176 Å². The first-order chi connectivity index (χ1) is 28.0. The van der Waals surface area contributed by atoms with Crippen molar-refractivity contribution in [3.8, 4) is 90.5 Å². The van der Waals surface area contributed by atoms with E-state index in [4.69, 9.17) is 24.4 Å². The van der Waals surface area contributed by atoms with E-state index in [1.165, 1.54) is 22.3 Å². The molecule has 0 radical (unpaired) electrons. The van der Waals surface area contributed by atoms with Gasteiger partial charge in [-0.2, -0.15) is 0 Å². The molecule has 0 saturated carbocycles. The Hall–Kier alpha value is -7.37. The highest BCUT2D eigenvalue weighted by molar-refractivity contribution is 6.04. The van der Waals surface area contributed by atoms with Gasteiger partial charge in [-0.25, -0.2) is 15.0 Å². The normalized spacial score (nSPS) is 13.2. The van der Waals surface area contributed by atoms with Gasteiger partial charge < -0.3 is 9.47 Å². The molecule has 5 heteroatoms. The summed E-state index contributed by atoms with van der Waals surface area (Å²) in [5, 5.41) is 2.21. The average molecular weight is 734 g/mol. The summed E-state index contributed by atoms with van der Waals surface area (Å²) < 4.78 is 13.5. The maximum Gasteiger partial charge on any atom is 0.177 e. The maximum atomic E-state index is 6.88. The van der Waals surface area contributed by atoms with Gasteiger partial charge in [0.25, 0.3) is 0 Å². The molecule has 0 atom stereocenters. The molecule has 57 heavy (non-hydrogen) atoms. The monoisotopic (exact) mass is 733 g/mol. The molecular weight excluding hydrogens is 699 g/mol. The summed E-state index contributed by atoms with van der Waals surface area (Å²) in [4.78, 5) is 15.6. The fraction of sp³-hybridized carbons (Fsp3) is 0.0577. The minimum atomic E-state index is -0.170. The van der Waals surface area contributed by atoms with Crippen LogP contribution >= 0.6 is 0 Å². The Balaban J connectivity index is 1.06. The SMILES string of the molecule is CC1(C)c2ccccc2-c2cc3c(cc21)Oc1c(cccc1-c1ccccc1-c1nc(-c2ccccc2)nc(-c2ccc(-c4ccccc4)c4ccccc24)n1)O3. The predicted octanol–water partition coefficient (Wildman–Crippen LogP) is 13.6. The summed E-state index contributed by atoms with van der Waals surface area (Å²) in [7, 11) is 0. The summed E-state index contributed by atoms with van der Waals surface area (Å²) in [6.45, 7) is 4.55. The van der Waals surface area contributed by atoms with Crippen molar-refractivity contribution in [2.75, 3.05) is 0 Å². The van der Waals surface area contributed by atoms with Gasteiger partial charge in [0, 0.05) is 27.7 Å². The van der Waals surface area contributed by atoms with E-state index in [0.717, 1.165) is 49.7 Å². The molecule has 0 amide bonds. The Morgan fingerprint density at radius 2 is 0.912 bits per heavy atom. The number of nitrogens with zero attached hydrogens (tertiary/aromatic N) is 3. The molecule has 0 spiro atoms. The fourth-order valence-corrected chi connectivity index (χ4v) is 8.62. The first-order valence-corrected chi connectivity index (χ1v) is 19.3. The van der Waals surface area contributed by atoms with Crippen LogP contribution < -0.4 is 9.47 Å². The molecule has 2 heterocycles. The Bertz CT molecular complexity index is 3050. The zero-order chi connectivity index (χ0) is 38.1. The van der Waals surface area contributed by atoms with Crippen molar-refractivity contribution in [1.29, 1.82) is 0 Å². The second kappa shape index (κ2) is 12.9. The van der Waals surface area contributed by atoms with Gasteiger partial charge in [-0.3, -0.25) is 0 Å². The van der Waals surface area contributed by atoms with Crippen LogP contribution in [0.3, 0.4) is 0 Å². The van der Waals surface area contributed by atoms with E-state index in [-0.39, 0.29) is 5.41 Å². The van der Waals surface area contributed by atoms with Crippen molar-refractivity contribution < 1.29 is 9.47 Å². The first-order valence-electron chi connectivity index (χ1n) is 19.3.